The topological polar surface area (TPSA) is 75.3 Å². The smallest absolute Gasteiger partial charge is 0.223 e. The Morgan fingerprint density at radius 2 is 1.68 bits per heavy atom. The second kappa shape index (κ2) is 4.26. The van der Waals surface area contributed by atoms with E-state index in [1.54, 1.807) is 6.92 Å². The molecule has 2 bridgehead atoms. The van der Waals surface area contributed by atoms with Crippen LogP contribution in [0.15, 0.2) is 0 Å². The number of amides is 1. The van der Waals surface area contributed by atoms with Gasteiger partial charge in [-0.05, 0) is 60.2 Å². The van der Waals surface area contributed by atoms with Gasteiger partial charge < -0.3 is 5.32 Å². The molecule has 6 heteroatoms. The fourth-order valence-electron chi connectivity index (χ4n) is 7.54. The second-order valence-electron chi connectivity index (χ2n) is 8.07. The third-order valence-corrected chi connectivity index (χ3v) is 9.13. The summed E-state index contributed by atoms with van der Waals surface area (Å²) in [5, 5.41) is 2.93. The summed E-state index contributed by atoms with van der Waals surface area (Å²) in [5.41, 5.74) is 0. The van der Waals surface area contributed by atoms with Crippen molar-refractivity contribution in [3.8, 4) is 0 Å². The number of rotatable bonds is 6. The first-order valence-corrected chi connectivity index (χ1v) is 10.4. The van der Waals surface area contributed by atoms with Gasteiger partial charge in [-0.25, -0.2) is 13.1 Å². The number of nitrogens with one attached hydrogen (secondary N) is 2. The van der Waals surface area contributed by atoms with Crippen LogP contribution in [-0.2, 0) is 14.8 Å². The van der Waals surface area contributed by atoms with Crippen molar-refractivity contribution >= 4 is 15.9 Å². The summed E-state index contributed by atoms with van der Waals surface area (Å²) in [7, 11) is -3.24. The van der Waals surface area contributed by atoms with Crippen LogP contribution in [0, 0.1) is 53.3 Å². The van der Waals surface area contributed by atoms with E-state index in [0.717, 1.165) is 35.5 Å². The van der Waals surface area contributed by atoms with Gasteiger partial charge in [0.2, 0.25) is 15.9 Å². The molecule has 0 aliphatic heterocycles. The Morgan fingerprint density at radius 3 is 2.41 bits per heavy atom. The van der Waals surface area contributed by atoms with E-state index < -0.39 is 10.0 Å². The van der Waals surface area contributed by atoms with Gasteiger partial charge in [-0.2, -0.15) is 0 Å². The first kappa shape index (κ1) is 13.8. The van der Waals surface area contributed by atoms with Crippen LogP contribution in [0.3, 0.4) is 0 Å². The number of fused-ring (bicyclic) bond motifs is 2. The van der Waals surface area contributed by atoms with Crippen LogP contribution in [0.25, 0.3) is 0 Å². The van der Waals surface area contributed by atoms with Crippen molar-refractivity contribution in [2.24, 2.45) is 53.3 Å². The Morgan fingerprint density at radius 1 is 1.00 bits per heavy atom. The average molecular weight is 324 g/mol. The van der Waals surface area contributed by atoms with Gasteiger partial charge in [-0.3, -0.25) is 4.79 Å². The van der Waals surface area contributed by atoms with Gasteiger partial charge in [-0.15, -0.1) is 0 Å². The van der Waals surface area contributed by atoms with Crippen molar-refractivity contribution in [3.05, 3.63) is 0 Å². The third-order valence-electron chi connectivity index (χ3n) is 7.66. The summed E-state index contributed by atoms with van der Waals surface area (Å²) in [4.78, 5) is 12.7. The number of carbonyl (C=O) groups is 1. The van der Waals surface area contributed by atoms with E-state index in [1.807, 2.05) is 0 Å². The summed E-state index contributed by atoms with van der Waals surface area (Å²) in [6, 6.07) is 0. The molecule has 0 aromatic carbocycles. The molecule has 0 radical (unpaired) electrons. The average Bonchev–Trinajstić information content (AvgIpc) is 2.97. The molecule has 1 amide bonds. The van der Waals surface area contributed by atoms with Gasteiger partial charge in [0.15, 0.2) is 0 Å². The zero-order valence-electron chi connectivity index (χ0n) is 12.9. The first-order valence-electron chi connectivity index (χ1n) is 8.78. The Labute approximate surface area is 131 Å². The van der Waals surface area contributed by atoms with Crippen LogP contribution in [0.1, 0.15) is 19.8 Å². The normalized spacial score (nSPS) is 52.3. The van der Waals surface area contributed by atoms with Crippen molar-refractivity contribution in [2.45, 2.75) is 19.8 Å². The maximum absolute atomic E-state index is 12.7. The fraction of sp³-hybridized carbons (Fsp3) is 0.938. The molecule has 5 rings (SSSR count). The zero-order chi connectivity index (χ0) is 15.2. The highest BCUT2D eigenvalue weighted by molar-refractivity contribution is 7.89. The number of carbonyl (C=O) groups excluding carboxylic acids is 1. The van der Waals surface area contributed by atoms with Crippen molar-refractivity contribution in [3.63, 3.8) is 0 Å². The molecule has 5 fully saturated rings. The summed E-state index contributed by atoms with van der Waals surface area (Å²) >= 11 is 0. The van der Waals surface area contributed by atoms with Gasteiger partial charge in [0.05, 0.1) is 5.75 Å². The van der Waals surface area contributed by atoms with Crippen molar-refractivity contribution < 1.29 is 13.2 Å². The Balaban J connectivity index is 1.25. The quantitative estimate of drug-likeness (QED) is 0.744. The lowest BCUT2D eigenvalue weighted by Gasteiger charge is -2.47. The summed E-state index contributed by atoms with van der Waals surface area (Å²) < 4.78 is 25.8. The molecule has 0 aromatic rings. The molecule has 2 N–H and O–H groups in total. The highest BCUT2D eigenvalue weighted by Gasteiger charge is 2.81. The predicted octanol–water partition coefficient (Wildman–Crippen LogP) is 0.436. The largest absolute Gasteiger partial charge is 0.355 e. The van der Waals surface area contributed by atoms with Crippen LogP contribution in [0.4, 0.5) is 0 Å². The van der Waals surface area contributed by atoms with Crippen LogP contribution in [0.2, 0.25) is 0 Å². The lowest BCUT2D eigenvalue weighted by Crippen LogP contribution is -2.49. The van der Waals surface area contributed by atoms with E-state index in [4.69, 9.17) is 0 Å². The second-order valence-corrected chi connectivity index (χ2v) is 10.00. The molecule has 5 aliphatic rings. The summed E-state index contributed by atoms with van der Waals surface area (Å²) in [5.74, 6) is 6.80. The van der Waals surface area contributed by atoms with Crippen LogP contribution >= 0.6 is 0 Å². The van der Waals surface area contributed by atoms with E-state index in [9.17, 15) is 13.2 Å². The lowest BCUT2D eigenvalue weighted by atomic mass is 9.57. The SMILES string of the molecule is CCNS(=O)(=O)CCNC(=O)C1C2C3CC4C5C3CC2C5C41. The van der Waals surface area contributed by atoms with E-state index in [2.05, 4.69) is 10.0 Å². The molecule has 5 nitrogen and oxygen atoms in total. The van der Waals surface area contributed by atoms with E-state index in [0.29, 0.717) is 18.4 Å². The standard InChI is InChI=1S/C16H24N2O3S/c1-2-18-22(20,21)4-3-17-16(19)15-12-8-6-9-11-7(8)5-10(12)13(11)14(9)15/h7-15,18H,2-6H2,1H3,(H,17,19). The van der Waals surface area contributed by atoms with Gasteiger partial charge >= 0.3 is 0 Å². The van der Waals surface area contributed by atoms with Crippen LogP contribution in [-0.4, -0.2) is 33.2 Å². The number of hydrogen-bond donors (Lipinski definition) is 2. The predicted molar refractivity (Wildman–Crippen MR) is 81.1 cm³/mol. The molecule has 0 aromatic heterocycles. The van der Waals surface area contributed by atoms with E-state index >= 15 is 0 Å². The maximum atomic E-state index is 12.7. The highest BCUT2D eigenvalue weighted by atomic mass is 32.2. The number of sulfonamides is 1. The molecule has 0 saturated heterocycles. The minimum Gasteiger partial charge on any atom is -0.355 e. The van der Waals surface area contributed by atoms with Crippen molar-refractivity contribution in [1.29, 1.82) is 0 Å². The van der Waals surface area contributed by atoms with Crippen molar-refractivity contribution in [2.75, 3.05) is 18.8 Å². The molecular formula is C16H24N2O3S. The first-order chi connectivity index (χ1) is 10.5. The fourth-order valence-corrected chi connectivity index (χ4v) is 8.50. The molecule has 9 atom stereocenters. The van der Waals surface area contributed by atoms with Gasteiger partial charge in [0.1, 0.15) is 0 Å². The molecule has 5 aliphatic carbocycles. The molecule has 122 valence electrons. The zero-order valence-corrected chi connectivity index (χ0v) is 13.7. The molecular weight excluding hydrogens is 300 g/mol. The summed E-state index contributed by atoms with van der Waals surface area (Å²) in [6.45, 7) is 2.40. The molecule has 0 spiro atoms. The molecule has 9 unspecified atom stereocenters. The minimum absolute atomic E-state index is 0.0143. The maximum Gasteiger partial charge on any atom is 0.223 e. The van der Waals surface area contributed by atoms with Gasteiger partial charge in [0, 0.05) is 19.0 Å². The monoisotopic (exact) mass is 324 g/mol. The van der Waals surface area contributed by atoms with E-state index in [1.165, 1.54) is 12.8 Å². The number of hydrogen-bond acceptors (Lipinski definition) is 3. The van der Waals surface area contributed by atoms with Crippen LogP contribution < -0.4 is 10.0 Å². The van der Waals surface area contributed by atoms with Crippen molar-refractivity contribution in [1.82, 2.24) is 10.0 Å². The molecule has 22 heavy (non-hydrogen) atoms. The van der Waals surface area contributed by atoms with Crippen LogP contribution in [0.5, 0.6) is 0 Å². The summed E-state index contributed by atoms with van der Waals surface area (Å²) in [6.07, 6.45) is 2.77. The van der Waals surface area contributed by atoms with E-state index in [-0.39, 0.29) is 24.1 Å². The molecule has 5 saturated carbocycles. The Hall–Kier alpha value is -0.620. The Kier molecular flexibility index (Phi) is 2.67. The highest BCUT2D eigenvalue weighted by Crippen LogP contribution is 2.84. The van der Waals surface area contributed by atoms with Gasteiger partial charge in [0.25, 0.3) is 0 Å². The minimum atomic E-state index is -3.24. The van der Waals surface area contributed by atoms with Gasteiger partial charge in [-0.1, -0.05) is 6.92 Å². The molecule has 0 heterocycles. The lowest BCUT2D eigenvalue weighted by molar-refractivity contribution is -0.132. The third kappa shape index (κ3) is 1.49. The Bertz CT molecular complexity index is 627.